The van der Waals surface area contributed by atoms with Crippen LogP contribution in [0.5, 0.6) is 0 Å². The number of nitrogens with zero attached hydrogens (tertiary/aromatic N) is 1. The summed E-state index contributed by atoms with van der Waals surface area (Å²) in [5.41, 5.74) is 0. The van der Waals surface area contributed by atoms with Gasteiger partial charge < -0.3 is 5.32 Å². The van der Waals surface area contributed by atoms with E-state index in [0.29, 0.717) is 16.7 Å². The standard InChI is InChI=1S/C13H16ClN3O2S2/c1-2-7-15-13-11(4-3-8-16-13)21(18,19)17-9-10-5-6-12(14)20-10/h3-6,8,17H,2,7,9H2,1H3,(H,15,16). The average molecular weight is 346 g/mol. The van der Waals surface area contributed by atoms with E-state index in [1.54, 1.807) is 24.4 Å². The molecule has 114 valence electrons. The summed E-state index contributed by atoms with van der Waals surface area (Å²) in [5.74, 6) is 0.371. The van der Waals surface area contributed by atoms with Gasteiger partial charge in [0.2, 0.25) is 10.0 Å². The molecule has 2 N–H and O–H groups in total. The van der Waals surface area contributed by atoms with Gasteiger partial charge in [-0.3, -0.25) is 0 Å². The molecule has 2 aromatic heterocycles. The number of halogens is 1. The van der Waals surface area contributed by atoms with Crippen LogP contribution >= 0.6 is 22.9 Å². The van der Waals surface area contributed by atoms with Crippen molar-refractivity contribution in [3.8, 4) is 0 Å². The van der Waals surface area contributed by atoms with Gasteiger partial charge in [-0.15, -0.1) is 11.3 Å². The second-order valence-corrected chi connectivity index (χ2v) is 7.84. The van der Waals surface area contributed by atoms with Gasteiger partial charge in [0.15, 0.2) is 0 Å². The molecule has 0 aliphatic carbocycles. The van der Waals surface area contributed by atoms with Crippen molar-refractivity contribution in [1.29, 1.82) is 0 Å². The molecule has 0 radical (unpaired) electrons. The van der Waals surface area contributed by atoms with Crippen molar-refractivity contribution in [3.05, 3.63) is 39.7 Å². The Morgan fingerprint density at radius 1 is 1.33 bits per heavy atom. The summed E-state index contributed by atoms with van der Waals surface area (Å²) in [5, 5.41) is 3.02. The number of aromatic nitrogens is 1. The van der Waals surface area contributed by atoms with Crippen LogP contribution in [-0.4, -0.2) is 19.9 Å². The van der Waals surface area contributed by atoms with Crippen molar-refractivity contribution >= 4 is 38.8 Å². The molecule has 8 heteroatoms. The third-order valence-corrected chi connectivity index (χ3v) is 5.33. The van der Waals surface area contributed by atoms with E-state index in [1.165, 1.54) is 17.4 Å². The van der Waals surface area contributed by atoms with Gasteiger partial charge in [0, 0.05) is 24.2 Å². The van der Waals surface area contributed by atoms with E-state index < -0.39 is 10.0 Å². The zero-order valence-corrected chi connectivity index (χ0v) is 13.9. The van der Waals surface area contributed by atoms with Crippen LogP contribution in [0.15, 0.2) is 35.4 Å². The summed E-state index contributed by atoms with van der Waals surface area (Å²) in [6, 6.07) is 6.69. The summed E-state index contributed by atoms with van der Waals surface area (Å²) in [4.78, 5) is 5.10. The number of hydrogen-bond donors (Lipinski definition) is 2. The Labute approximate surface area is 133 Å². The zero-order valence-electron chi connectivity index (χ0n) is 11.5. The first-order chi connectivity index (χ1) is 10.0. The molecule has 0 saturated carbocycles. The van der Waals surface area contributed by atoms with Crippen molar-refractivity contribution in [2.75, 3.05) is 11.9 Å². The van der Waals surface area contributed by atoms with Crippen LogP contribution in [0.2, 0.25) is 4.34 Å². The van der Waals surface area contributed by atoms with Crippen LogP contribution in [0.3, 0.4) is 0 Å². The van der Waals surface area contributed by atoms with E-state index in [4.69, 9.17) is 11.6 Å². The van der Waals surface area contributed by atoms with Gasteiger partial charge >= 0.3 is 0 Å². The van der Waals surface area contributed by atoms with Crippen molar-refractivity contribution in [2.24, 2.45) is 0 Å². The fraction of sp³-hybridized carbons (Fsp3) is 0.308. The highest BCUT2D eigenvalue weighted by molar-refractivity contribution is 7.89. The molecule has 0 saturated heterocycles. The van der Waals surface area contributed by atoms with Gasteiger partial charge in [0.05, 0.1) is 4.34 Å². The van der Waals surface area contributed by atoms with Crippen LogP contribution in [0, 0.1) is 0 Å². The Hall–Kier alpha value is -1.15. The maximum absolute atomic E-state index is 12.4. The predicted octanol–water partition coefficient (Wildman–Crippen LogP) is 3.10. The molecular formula is C13H16ClN3O2S2. The van der Waals surface area contributed by atoms with Gasteiger partial charge in [-0.1, -0.05) is 18.5 Å². The highest BCUT2D eigenvalue weighted by Crippen LogP contribution is 2.22. The normalized spacial score (nSPS) is 11.5. The van der Waals surface area contributed by atoms with Crippen LogP contribution in [0.1, 0.15) is 18.2 Å². The van der Waals surface area contributed by atoms with Crippen LogP contribution in [0.4, 0.5) is 5.82 Å². The van der Waals surface area contributed by atoms with Crippen LogP contribution in [-0.2, 0) is 16.6 Å². The Morgan fingerprint density at radius 2 is 2.14 bits per heavy atom. The molecule has 0 bridgehead atoms. The molecule has 0 amide bonds. The maximum atomic E-state index is 12.4. The number of nitrogens with one attached hydrogen (secondary N) is 2. The zero-order chi connectivity index (χ0) is 15.3. The lowest BCUT2D eigenvalue weighted by molar-refractivity contribution is 0.581. The number of rotatable bonds is 7. The first kappa shape index (κ1) is 16.2. The van der Waals surface area contributed by atoms with Crippen molar-refractivity contribution in [2.45, 2.75) is 24.8 Å². The van der Waals surface area contributed by atoms with Gasteiger partial charge in [-0.05, 0) is 30.7 Å². The number of hydrogen-bond acceptors (Lipinski definition) is 5. The topological polar surface area (TPSA) is 71.1 Å². The summed E-state index contributed by atoms with van der Waals surface area (Å²) in [6.45, 7) is 2.88. The van der Waals surface area contributed by atoms with E-state index >= 15 is 0 Å². The molecule has 0 unspecified atom stereocenters. The number of sulfonamides is 1. The highest BCUT2D eigenvalue weighted by Gasteiger charge is 2.19. The molecule has 0 aliphatic rings. The quantitative estimate of drug-likeness (QED) is 0.809. The van der Waals surface area contributed by atoms with Crippen molar-refractivity contribution in [1.82, 2.24) is 9.71 Å². The third-order valence-electron chi connectivity index (χ3n) is 2.67. The average Bonchev–Trinajstić information content (AvgIpc) is 2.89. The number of pyridine rings is 1. The minimum absolute atomic E-state index is 0.154. The Morgan fingerprint density at radius 3 is 2.81 bits per heavy atom. The third kappa shape index (κ3) is 4.41. The second kappa shape index (κ2) is 7.22. The van der Waals surface area contributed by atoms with Gasteiger partial charge in [0.25, 0.3) is 0 Å². The largest absolute Gasteiger partial charge is 0.369 e. The molecule has 0 fully saturated rings. The van der Waals surface area contributed by atoms with E-state index in [-0.39, 0.29) is 11.4 Å². The molecule has 21 heavy (non-hydrogen) atoms. The van der Waals surface area contributed by atoms with E-state index in [2.05, 4.69) is 15.0 Å². The molecule has 0 aromatic carbocycles. The molecular weight excluding hydrogens is 330 g/mol. The Kier molecular flexibility index (Phi) is 5.58. The highest BCUT2D eigenvalue weighted by atomic mass is 35.5. The molecule has 2 heterocycles. The minimum Gasteiger partial charge on any atom is -0.369 e. The summed E-state index contributed by atoms with van der Waals surface area (Å²) in [7, 11) is -3.62. The second-order valence-electron chi connectivity index (χ2n) is 4.31. The molecule has 2 rings (SSSR count). The van der Waals surface area contributed by atoms with Crippen molar-refractivity contribution in [3.63, 3.8) is 0 Å². The fourth-order valence-electron chi connectivity index (χ4n) is 1.67. The van der Waals surface area contributed by atoms with Crippen LogP contribution in [0.25, 0.3) is 0 Å². The summed E-state index contributed by atoms with van der Waals surface area (Å²) in [6.07, 6.45) is 2.45. The molecule has 0 aliphatic heterocycles. The molecule has 0 spiro atoms. The summed E-state index contributed by atoms with van der Waals surface area (Å²) < 4.78 is 28.0. The maximum Gasteiger partial charge on any atom is 0.244 e. The van der Waals surface area contributed by atoms with E-state index in [9.17, 15) is 8.42 Å². The molecule has 2 aromatic rings. The Bertz CT molecular complexity index is 701. The minimum atomic E-state index is -3.62. The number of anilines is 1. The smallest absolute Gasteiger partial charge is 0.244 e. The predicted molar refractivity (Wildman–Crippen MR) is 86.4 cm³/mol. The first-order valence-corrected chi connectivity index (χ1v) is 9.13. The molecule has 0 atom stereocenters. The van der Waals surface area contributed by atoms with Gasteiger partial charge in [0.1, 0.15) is 10.7 Å². The van der Waals surface area contributed by atoms with Gasteiger partial charge in [-0.2, -0.15) is 0 Å². The van der Waals surface area contributed by atoms with Gasteiger partial charge in [-0.25, -0.2) is 18.1 Å². The molecule has 5 nitrogen and oxygen atoms in total. The number of thiophene rings is 1. The summed E-state index contributed by atoms with van der Waals surface area (Å²) >= 11 is 7.18. The van der Waals surface area contributed by atoms with E-state index in [1.807, 2.05) is 6.92 Å². The first-order valence-electron chi connectivity index (χ1n) is 6.45. The monoisotopic (exact) mass is 345 g/mol. The SMILES string of the molecule is CCCNc1ncccc1S(=O)(=O)NCc1ccc(Cl)s1. The van der Waals surface area contributed by atoms with Crippen molar-refractivity contribution < 1.29 is 8.42 Å². The lowest BCUT2D eigenvalue weighted by Gasteiger charge is -2.11. The lowest BCUT2D eigenvalue weighted by atomic mass is 10.4. The lowest BCUT2D eigenvalue weighted by Crippen LogP contribution is -2.24. The Balaban J connectivity index is 2.15. The van der Waals surface area contributed by atoms with E-state index in [0.717, 1.165) is 11.3 Å². The fourth-order valence-corrected chi connectivity index (χ4v) is 3.93. The van der Waals surface area contributed by atoms with Crippen LogP contribution < -0.4 is 10.0 Å².